The fourth-order valence-electron chi connectivity index (χ4n) is 8.67. The largest absolute Gasteiger partial charge is 0.490 e. The van der Waals surface area contributed by atoms with E-state index >= 15 is 0 Å². The first-order chi connectivity index (χ1) is 28.0. The van der Waals surface area contributed by atoms with E-state index in [0.717, 1.165) is 21.6 Å². The summed E-state index contributed by atoms with van der Waals surface area (Å²) in [6, 6.07) is 27.1. The maximum atomic E-state index is 14.3. The molecule has 58 heavy (non-hydrogen) atoms. The lowest BCUT2D eigenvalue weighted by molar-refractivity contribution is 0.0882. The van der Waals surface area contributed by atoms with E-state index in [9.17, 15) is 24.0 Å². The van der Waals surface area contributed by atoms with E-state index in [1.165, 1.54) is 29.3 Å². The van der Waals surface area contributed by atoms with E-state index in [1.807, 2.05) is 54.6 Å². The van der Waals surface area contributed by atoms with Gasteiger partial charge in [-0.1, -0.05) is 75.1 Å². The summed E-state index contributed by atoms with van der Waals surface area (Å²) in [6.45, 7) is 8.24. The van der Waals surface area contributed by atoms with Gasteiger partial charge in [0.25, 0.3) is 17.4 Å². The number of carbonyl (C=O) groups excluding carboxylic acids is 4. The van der Waals surface area contributed by atoms with Gasteiger partial charge in [0, 0.05) is 28.2 Å². The minimum atomic E-state index is -1.45. The second-order valence-corrected chi connectivity index (χ2v) is 15.3. The van der Waals surface area contributed by atoms with Crippen molar-refractivity contribution in [3.8, 4) is 28.4 Å². The number of anilines is 1. The highest BCUT2D eigenvalue weighted by atomic mass is 16.5. The zero-order valence-corrected chi connectivity index (χ0v) is 31.4. The maximum Gasteiger partial charge on any atom is 0.266 e. The maximum absolute atomic E-state index is 14.3. The van der Waals surface area contributed by atoms with Crippen LogP contribution in [0.5, 0.6) is 17.2 Å². The van der Waals surface area contributed by atoms with Gasteiger partial charge in [-0.05, 0) is 88.8 Å². The van der Waals surface area contributed by atoms with Gasteiger partial charge in [0.1, 0.15) is 35.6 Å². The molecule has 0 radical (unpaired) electrons. The zero-order chi connectivity index (χ0) is 40.0. The van der Waals surface area contributed by atoms with Crippen LogP contribution in [0.25, 0.3) is 27.6 Å². The summed E-state index contributed by atoms with van der Waals surface area (Å²) in [5, 5.41) is 0.219. The van der Waals surface area contributed by atoms with Crippen molar-refractivity contribution in [1.29, 1.82) is 0 Å². The highest BCUT2D eigenvalue weighted by molar-refractivity contribution is 6.37. The summed E-state index contributed by atoms with van der Waals surface area (Å²) in [5.41, 5.74) is 6.05. The Morgan fingerprint density at radius 1 is 0.759 bits per heavy atom. The van der Waals surface area contributed by atoms with Crippen LogP contribution in [0.2, 0.25) is 0 Å². The molecule has 1 aliphatic heterocycles. The normalized spacial score (nSPS) is 16.1. The molecular formula is C48H33N3O7. The Bertz CT molecular complexity index is 2970. The molecule has 2 amide bonds. The van der Waals surface area contributed by atoms with Gasteiger partial charge in [0.15, 0.2) is 11.6 Å². The first kappa shape index (κ1) is 35.0. The molecule has 0 spiro atoms. The van der Waals surface area contributed by atoms with Crippen LogP contribution in [0.1, 0.15) is 90.1 Å². The summed E-state index contributed by atoms with van der Waals surface area (Å²) in [5.74, 6) is -2.65. The van der Waals surface area contributed by atoms with Crippen molar-refractivity contribution in [2.45, 2.75) is 31.6 Å². The van der Waals surface area contributed by atoms with Crippen LogP contribution in [-0.4, -0.2) is 40.0 Å². The van der Waals surface area contributed by atoms with E-state index in [0.29, 0.717) is 34.9 Å². The lowest BCUT2D eigenvalue weighted by Crippen LogP contribution is -2.30. The standard InChI is InChI=1S/C48H33N3O7/c1-4-19-57-26-15-18-39-36(20-26)45(54)50-44(49-39)41-42(52)32-23-34-35(24-33(32)43(41)53)47(56)51(46(34)55)40-22-28(13-16-29(40)25-9-5-6-10-25)58-27-14-17-31-30-11-7-8-12-37(30)48(2,3)38(31)21-27/h4-9,11-18,20-24,41H,1,10,19H2,2-3H3,(H,49,50,54). The summed E-state index contributed by atoms with van der Waals surface area (Å²) >= 11 is 0. The second-order valence-electron chi connectivity index (χ2n) is 15.3. The van der Waals surface area contributed by atoms with Crippen LogP contribution in [0, 0.1) is 0 Å². The van der Waals surface area contributed by atoms with Gasteiger partial charge in [-0.2, -0.15) is 0 Å². The number of aromatic nitrogens is 2. The minimum absolute atomic E-state index is 0.00575. The number of ketones is 2. The van der Waals surface area contributed by atoms with E-state index in [-0.39, 0.29) is 51.0 Å². The predicted octanol–water partition coefficient (Wildman–Crippen LogP) is 8.89. The number of allylic oxidation sites excluding steroid dienone is 4. The molecule has 10 rings (SSSR count). The number of nitrogens with one attached hydrogen (secondary N) is 1. The number of Topliss-reactive ketones (excluding diaryl/α,β-unsaturated/α-hetero) is 2. The molecule has 10 nitrogen and oxygen atoms in total. The van der Waals surface area contributed by atoms with Gasteiger partial charge in [-0.25, -0.2) is 9.88 Å². The van der Waals surface area contributed by atoms with Gasteiger partial charge in [-0.3, -0.25) is 24.0 Å². The molecule has 4 aliphatic rings. The van der Waals surface area contributed by atoms with Crippen molar-refractivity contribution in [3.05, 3.63) is 177 Å². The molecule has 0 atom stereocenters. The Balaban J connectivity index is 0.980. The number of aromatic amines is 1. The molecule has 2 heterocycles. The van der Waals surface area contributed by atoms with Crippen molar-refractivity contribution >= 4 is 45.5 Å². The molecule has 6 aromatic rings. The molecule has 10 heteroatoms. The Labute approximate surface area is 331 Å². The molecule has 0 saturated carbocycles. The molecule has 1 N–H and O–H groups in total. The third-order valence-electron chi connectivity index (χ3n) is 11.5. The Kier molecular flexibility index (Phi) is 7.71. The number of imide groups is 1. The fraction of sp³-hybridized carbons (Fsp3) is 0.125. The molecule has 0 bridgehead atoms. The number of benzene rings is 5. The summed E-state index contributed by atoms with van der Waals surface area (Å²) in [7, 11) is 0. The van der Waals surface area contributed by atoms with E-state index in [4.69, 9.17) is 9.47 Å². The summed E-state index contributed by atoms with van der Waals surface area (Å²) in [6.07, 6.45) is 8.02. The average Bonchev–Trinajstić information content (AvgIpc) is 3.96. The van der Waals surface area contributed by atoms with Crippen LogP contribution < -0.4 is 19.9 Å². The van der Waals surface area contributed by atoms with Gasteiger partial charge in [0.05, 0.1) is 27.7 Å². The first-order valence-electron chi connectivity index (χ1n) is 18.9. The highest BCUT2D eigenvalue weighted by Gasteiger charge is 2.46. The van der Waals surface area contributed by atoms with E-state index < -0.39 is 34.9 Å². The third-order valence-corrected chi connectivity index (χ3v) is 11.5. The smallest absolute Gasteiger partial charge is 0.266 e. The Morgan fingerprint density at radius 2 is 1.43 bits per heavy atom. The predicted molar refractivity (Wildman–Crippen MR) is 219 cm³/mol. The van der Waals surface area contributed by atoms with Crippen LogP contribution in [0.15, 0.2) is 127 Å². The summed E-state index contributed by atoms with van der Waals surface area (Å²) < 4.78 is 12.0. The lowest BCUT2D eigenvalue weighted by Gasteiger charge is -2.22. The number of rotatable bonds is 8. The quantitative estimate of drug-likeness (QED) is 0.0923. The van der Waals surface area contributed by atoms with Crippen LogP contribution in [-0.2, 0) is 5.41 Å². The lowest BCUT2D eigenvalue weighted by atomic mass is 9.82. The van der Waals surface area contributed by atoms with Crippen LogP contribution in [0.4, 0.5) is 5.69 Å². The monoisotopic (exact) mass is 763 g/mol. The average molecular weight is 764 g/mol. The van der Waals surface area contributed by atoms with Crippen LogP contribution >= 0.6 is 0 Å². The van der Waals surface area contributed by atoms with Crippen molar-refractivity contribution in [2.75, 3.05) is 11.5 Å². The molecule has 0 unspecified atom stereocenters. The molecule has 1 aromatic heterocycles. The van der Waals surface area contributed by atoms with Gasteiger partial charge >= 0.3 is 0 Å². The Hall–Kier alpha value is -7.46. The first-order valence-corrected chi connectivity index (χ1v) is 18.9. The van der Waals surface area contributed by atoms with Crippen LogP contribution in [0.3, 0.4) is 0 Å². The number of carbonyl (C=O) groups is 4. The van der Waals surface area contributed by atoms with Gasteiger partial charge in [-0.15, -0.1) is 0 Å². The Morgan fingerprint density at radius 3 is 2.14 bits per heavy atom. The molecule has 0 fully saturated rings. The van der Waals surface area contributed by atoms with Crippen molar-refractivity contribution in [3.63, 3.8) is 0 Å². The number of fused-ring (bicyclic) bond motifs is 6. The fourth-order valence-corrected chi connectivity index (χ4v) is 8.67. The SMILES string of the molecule is C=CCOc1ccc2nc(C3C(=O)c4cc5c(cc4C3=O)C(=O)N(c3cc(Oc4ccc6c(c4)C(C)(C)c4ccccc4-6)ccc3C3=CC=CC3)C5=O)[nH]c(=O)c2c1. The topological polar surface area (TPSA) is 136 Å². The molecule has 3 aliphatic carbocycles. The van der Waals surface area contributed by atoms with E-state index in [2.05, 4.69) is 48.6 Å². The van der Waals surface area contributed by atoms with Crippen molar-refractivity contribution in [1.82, 2.24) is 9.97 Å². The number of nitrogens with zero attached hydrogens (tertiary/aromatic N) is 2. The number of ether oxygens (including phenoxy) is 2. The van der Waals surface area contributed by atoms with Crippen molar-refractivity contribution in [2.24, 2.45) is 0 Å². The second kappa shape index (κ2) is 12.8. The molecule has 5 aromatic carbocycles. The molecular weight excluding hydrogens is 731 g/mol. The van der Waals surface area contributed by atoms with E-state index in [1.54, 1.807) is 24.3 Å². The number of hydrogen-bond acceptors (Lipinski definition) is 8. The van der Waals surface area contributed by atoms with Crippen molar-refractivity contribution < 1.29 is 28.7 Å². The zero-order valence-electron chi connectivity index (χ0n) is 31.4. The minimum Gasteiger partial charge on any atom is -0.490 e. The van der Waals surface area contributed by atoms with Gasteiger partial charge < -0.3 is 14.5 Å². The highest BCUT2D eigenvalue weighted by Crippen LogP contribution is 2.50. The molecule has 0 saturated heterocycles. The number of amides is 2. The number of hydrogen-bond donors (Lipinski definition) is 1. The molecule has 282 valence electrons. The third kappa shape index (κ3) is 5.18. The summed E-state index contributed by atoms with van der Waals surface area (Å²) in [4.78, 5) is 77.8. The van der Waals surface area contributed by atoms with Gasteiger partial charge in [0.2, 0.25) is 0 Å². The number of H-pyrrole nitrogens is 1.